The molecule has 4 aromatic heterocycles. The number of piperidine rings is 2. The molecule has 25 heteroatoms. The quantitative estimate of drug-likeness (QED) is 0.111. The molecule has 0 saturated carbocycles. The van der Waals surface area contributed by atoms with Gasteiger partial charge in [0.15, 0.2) is 11.3 Å². The number of hydrogen-bond acceptors (Lipinski definition) is 15. The number of likely N-dealkylation sites (N-methyl/N-ethyl adjacent to an activating group) is 1. The molecule has 10 rings (SSSR count). The average Bonchev–Trinajstić information content (AvgIpc) is 4.04. The molecule has 0 radical (unpaired) electrons. The number of likely N-dealkylation sites (tertiary alicyclic amines) is 2. The largest absolute Gasteiger partial charge is 0.358 e. The van der Waals surface area contributed by atoms with E-state index in [0.717, 1.165) is 116 Å². The molecule has 78 heavy (non-hydrogen) atoms. The molecule has 4 fully saturated rings. The number of halogens is 1. The lowest BCUT2D eigenvalue weighted by Gasteiger charge is -2.39. The van der Waals surface area contributed by atoms with Crippen molar-refractivity contribution in [2.75, 3.05) is 84.6 Å². The molecular formula is C53H70ClN15O7S2. The van der Waals surface area contributed by atoms with Crippen molar-refractivity contribution in [3.05, 3.63) is 105 Å². The lowest BCUT2D eigenvalue weighted by Crippen LogP contribution is -2.57. The molecule has 418 valence electrons. The van der Waals surface area contributed by atoms with Gasteiger partial charge < -0.3 is 35.6 Å². The van der Waals surface area contributed by atoms with Gasteiger partial charge in [-0.05, 0) is 103 Å². The smallest absolute Gasteiger partial charge is 0.256 e. The Morgan fingerprint density at radius 2 is 1.22 bits per heavy atom. The van der Waals surface area contributed by atoms with Crippen LogP contribution in [-0.2, 0) is 24.8 Å². The Labute approximate surface area is 460 Å². The Hall–Kier alpha value is -6.60. The summed E-state index contributed by atoms with van der Waals surface area (Å²) in [6.45, 7) is 15.0. The third kappa shape index (κ3) is 12.6. The molecule has 4 aliphatic rings. The van der Waals surface area contributed by atoms with Gasteiger partial charge in [0.05, 0.1) is 58.5 Å². The lowest BCUT2D eigenvalue weighted by molar-refractivity contribution is -0.122. The number of nitrogens with one attached hydrogen (secondary N) is 5. The predicted octanol–water partition coefficient (Wildman–Crippen LogP) is 5.23. The van der Waals surface area contributed by atoms with Gasteiger partial charge in [0.2, 0.25) is 26.0 Å². The van der Waals surface area contributed by atoms with Gasteiger partial charge in [-0.3, -0.25) is 23.8 Å². The highest BCUT2D eigenvalue weighted by Gasteiger charge is 2.35. The van der Waals surface area contributed by atoms with E-state index in [1.54, 1.807) is 50.1 Å². The van der Waals surface area contributed by atoms with E-state index >= 15 is 0 Å². The maximum atomic E-state index is 13.9. The van der Waals surface area contributed by atoms with Crippen LogP contribution in [0, 0.1) is 20.8 Å². The molecule has 5 N–H and O–H groups in total. The standard InChI is InChI=1S/C27H36N8O4S.C26H34ClN7O3S/c1-17-8-9-20(32-40(4,38)39)19(13-17)27(37)34-11-6-5-7-23(34)21-14-24-30-25(18(2)15-35(24)31-21)33-12-10-29-22(16-33)26(36)28-3;1-16-14-34-24(29-25(16)33-15-17(2)28-13-18(33)3)12-22(30-34)23-7-5-6-10-32(23)26(35)20-11-19(27)8-9-21(20)31-38(4,36)37/h8-9,13-15,22-23,29,32H,5-7,10-12,16H2,1-4H3,(H,28,36);8-9,11-12,14,17-18,23,28,31H,5-7,10,13,15H2,1-4H3/t22?,23-;17-,18+,23-/m00/s1. The van der Waals surface area contributed by atoms with Gasteiger partial charge in [-0.2, -0.15) is 10.2 Å². The molecule has 4 saturated heterocycles. The van der Waals surface area contributed by atoms with Crippen LogP contribution in [0.1, 0.15) is 113 Å². The highest BCUT2D eigenvalue weighted by Crippen LogP contribution is 2.37. The number of fused-ring (bicyclic) bond motifs is 2. The van der Waals surface area contributed by atoms with Crippen LogP contribution in [0.25, 0.3) is 11.3 Å². The number of piperazine rings is 2. The van der Waals surface area contributed by atoms with Crippen LogP contribution in [0.3, 0.4) is 0 Å². The zero-order chi connectivity index (χ0) is 55.8. The summed E-state index contributed by atoms with van der Waals surface area (Å²) in [5.74, 6) is 1.19. The number of benzene rings is 2. The van der Waals surface area contributed by atoms with Crippen molar-refractivity contribution in [1.29, 1.82) is 0 Å². The van der Waals surface area contributed by atoms with E-state index in [-0.39, 0.29) is 52.8 Å². The first kappa shape index (κ1) is 56.1. The van der Waals surface area contributed by atoms with Gasteiger partial charge in [0, 0.05) is 106 Å². The molecule has 2 aromatic carbocycles. The summed E-state index contributed by atoms with van der Waals surface area (Å²) in [7, 11) is -5.51. The zero-order valence-electron chi connectivity index (χ0n) is 45.4. The maximum Gasteiger partial charge on any atom is 0.256 e. The fraction of sp³-hybridized carbons (Fsp3) is 0.491. The highest BCUT2D eigenvalue weighted by atomic mass is 35.5. The maximum absolute atomic E-state index is 13.9. The average molecular weight is 1130 g/mol. The van der Waals surface area contributed by atoms with E-state index in [1.165, 1.54) is 12.1 Å². The number of aryl methyl sites for hydroxylation is 3. The minimum atomic E-state index is -3.58. The van der Waals surface area contributed by atoms with E-state index in [1.807, 2.05) is 38.4 Å². The molecule has 1 unspecified atom stereocenters. The number of anilines is 4. The Balaban J connectivity index is 0.000000190. The van der Waals surface area contributed by atoms with Crippen molar-refractivity contribution in [3.63, 3.8) is 0 Å². The number of hydrogen-bond donors (Lipinski definition) is 5. The van der Waals surface area contributed by atoms with Crippen molar-refractivity contribution in [2.24, 2.45) is 0 Å². The van der Waals surface area contributed by atoms with Gasteiger partial charge in [-0.15, -0.1) is 0 Å². The van der Waals surface area contributed by atoms with Gasteiger partial charge in [0.25, 0.3) is 11.8 Å². The van der Waals surface area contributed by atoms with Crippen molar-refractivity contribution in [2.45, 2.75) is 103 Å². The van der Waals surface area contributed by atoms with Crippen LogP contribution in [0.5, 0.6) is 0 Å². The normalized spacial score (nSPS) is 21.3. The molecular weight excluding hydrogens is 1060 g/mol. The number of nitrogens with zero attached hydrogens (tertiary/aromatic N) is 10. The van der Waals surface area contributed by atoms with Crippen molar-refractivity contribution in [1.82, 2.24) is 54.9 Å². The zero-order valence-corrected chi connectivity index (χ0v) is 47.8. The van der Waals surface area contributed by atoms with Crippen LogP contribution in [0.4, 0.5) is 23.0 Å². The van der Waals surface area contributed by atoms with Crippen molar-refractivity contribution in [3.8, 4) is 0 Å². The third-order valence-electron chi connectivity index (χ3n) is 14.7. The summed E-state index contributed by atoms with van der Waals surface area (Å²) in [6.07, 6.45) is 11.2. The molecule has 3 amide bonds. The second-order valence-corrected chi connectivity index (χ2v) is 25.1. The van der Waals surface area contributed by atoms with Crippen LogP contribution in [0.15, 0.2) is 60.9 Å². The lowest BCUT2D eigenvalue weighted by atomic mass is 9.97. The Bertz CT molecular complexity index is 3480. The van der Waals surface area contributed by atoms with Crippen LogP contribution < -0.4 is 35.2 Å². The van der Waals surface area contributed by atoms with Crippen molar-refractivity contribution >= 4 is 83.7 Å². The summed E-state index contributed by atoms with van der Waals surface area (Å²) in [5, 5.41) is 19.5. The third-order valence-corrected chi connectivity index (χ3v) is 16.2. The second kappa shape index (κ2) is 23.0. The molecule has 22 nitrogen and oxygen atoms in total. The van der Waals surface area contributed by atoms with E-state index < -0.39 is 20.0 Å². The van der Waals surface area contributed by atoms with E-state index in [4.69, 9.17) is 31.8 Å². The van der Waals surface area contributed by atoms with Gasteiger partial charge in [-0.25, -0.2) is 35.8 Å². The second-order valence-electron chi connectivity index (χ2n) is 21.1. The minimum Gasteiger partial charge on any atom is -0.358 e. The molecule has 4 aliphatic heterocycles. The number of amides is 3. The molecule has 8 heterocycles. The number of aromatic nitrogens is 6. The molecule has 0 aliphatic carbocycles. The number of rotatable bonds is 11. The summed E-state index contributed by atoms with van der Waals surface area (Å²) < 4.78 is 56.3. The summed E-state index contributed by atoms with van der Waals surface area (Å²) in [6, 6.07) is 13.5. The number of sulfonamides is 2. The Morgan fingerprint density at radius 1 is 0.679 bits per heavy atom. The highest BCUT2D eigenvalue weighted by molar-refractivity contribution is 7.92. The summed E-state index contributed by atoms with van der Waals surface area (Å²) in [4.78, 5) is 57.8. The topological polar surface area (TPSA) is 253 Å². The molecule has 0 spiro atoms. The van der Waals surface area contributed by atoms with Gasteiger partial charge in [-0.1, -0.05) is 23.2 Å². The molecule has 6 aromatic rings. The fourth-order valence-electron chi connectivity index (χ4n) is 11.0. The van der Waals surface area contributed by atoms with Crippen LogP contribution in [-0.4, -0.2) is 157 Å². The molecule has 0 bridgehead atoms. The predicted molar refractivity (Wildman–Crippen MR) is 303 cm³/mol. The Morgan fingerprint density at radius 3 is 1.78 bits per heavy atom. The van der Waals surface area contributed by atoms with Crippen LogP contribution >= 0.6 is 11.6 Å². The first-order valence-corrected chi connectivity index (χ1v) is 30.6. The first-order chi connectivity index (χ1) is 37.0. The van der Waals surface area contributed by atoms with Crippen LogP contribution in [0.2, 0.25) is 5.02 Å². The monoisotopic (exact) mass is 1130 g/mol. The van der Waals surface area contributed by atoms with Crippen molar-refractivity contribution < 1.29 is 31.2 Å². The Kier molecular flexibility index (Phi) is 16.6. The fourth-order valence-corrected chi connectivity index (χ4v) is 12.3. The van der Waals surface area contributed by atoms with Gasteiger partial charge in [0.1, 0.15) is 17.7 Å². The molecule has 5 atom stereocenters. The number of carbonyl (C=O) groups is 3. The SMILES string of the molecule is CNC(=O)C1CN(c2nc3cc([C@@H]4CCCCN4C(=O)c4cc(C)ccc4NS(C)(=O)=O)nn3cc2C)CCN1.Cc1cn2nc([C@@H]3CCCCN3C(=O)c3cc(Cl)ccc3NS(C)(=O)=O)cc2nc1N1C[C@H](C)NC[C@H]1C. The number of carbonyl (C=O) groups excluding carboxylic acids is 3. The van der Waals surface area contributed by atoms with E-state index in [9.17, 15) is 31.2 Å². The van der Waals surface area contributed by atoms with Gasteiger partial charge >= 0.3 is 0 Å². The summed E-state index contributed by atoms with van der Waals surface area (Å²) >= 11 is 6.21. The first-order valence-electron chi connectivity index (χ1n) is 26.5. The minimum absolute atomic E-state index is 0.0550. The van der Waals surface area contributed by atoms with E-state index in [0.29, 0.717) is 54.5 Å². The summed E-state index contributed by atoms with van der Waals surface area (Å²) in [5.41, 5.74) is 6.77. The van der Waals surface area contributed by atoms with E-state index in [2.05, 4.69) is 56.0 Å².